The second-order valence-corrected chi connectivity index (χ2v) is 4.91. The topological polar surface area (TPSA) is 34.2 Å². The Morgan fingerprint density at radius 2 is 2.17 bits per heavy atom. The lowest BCUT2D eigenvalue weighted by atomic mass is 10.1. The van der Waals surface area contributed by atoms with Crippen LogP contribution in [-0.2, 0) is 4.74 Å². The molecule has 0 saturated carbocycles. The number of hydrogen-bond acceptors (Lipinski definition) is 3. The third-order valence-electron chi connectivity index (χ3n) is 3.18. The highest BCUT2D eigenvalue weighted by molar-refractivity contribution is 6.31. The quantitative estimate of drug-likeness (QED) is 0.858. The normalized spacial score (nSPS) is 20.8. The lowest BCUT2D eigenvalue weighted by molar-refractivity contribution is 0.0616. The van der Waals surface area contributed by atoms with Gasteiger partial charge in [0, 0.05) is 17.0 Å². The van der Waals surface area contributed by atoms with E-state index in [1.807, 2.05) is 24.3 Å². The molecule has 1 aliphatic heterocycles. The molecule has 0 radical (unpaired) electrons. The minimum Gasteiger partial charge on any atom is -0.371 e. The Morgan fingerprint density at radius 1 is 1.22 bits per heavy atom. The number of hydrogen-bond donors (Lipinski definition) is 1. The van der Waals surface area contributed by atoms with Crippen LogP contribution >= 0.6 is 11.6 Å². The summed E-state index contributed by atoms with van der Waals surface area (Å²) in [6.07, 6.45) is 1.06. The van der Waals surface area contributed by atoms with Crippen molar-refractivity contribution in [2.75, 3.05) is 19.7 Å². The number of ether oxygens (including phenoxy) is 1. The van der Waals surface area contributed by atoms with Crippen LogP contribution in [0.5, 0.6) is 0 Å². The molecule has 1 N–H and O–H groups in total. The molecule has 1 atom stereocenters. The van der Waals surface area contributed by atoms with Gasteiger partial charge in [0.1, 0.15) is 6.10 Å². The van der Waals surface area contributed by atoms with Gasteiger partial charge in [-0.2, -0.15) is 0 Å². The van der Waals surface area contributed by atoms with Crippen molar-refractivity contribution >= 4 is 22.5 Å². The number of halogens is 1. The molecule has 2 aromatic rings. The van der Waals surface area contributed by atoms with Crippen LogP contribution in [0.15, 0.2) is 30.3 Å². The van der Waals surface area contributed by atoms with Crippen LogP contribution in [0.1, 0.15) is 18.2 Å². The van der Waals surface area contributed by atoms with Crippen molar-refractivity contribution < 1.29 is 4.74 Å². The first-order valence-electron chi connectivity index (χ1n) is 6.21. The second-order valence-electron chi connectivity index (χ2n) is 4.47. The van der Waals surface area contributed by atoms with Gasteiger partial charge < -0.3 is 10.1 Å². The van der Waals surface area contributed by atoms with Crippen LogP contribution in [-0.4, -0.2) is 24.7 Å². The summed E-state index contributed by atoms with van der Waals surface area (Å²) in [4.78, 5) is 4.67. The lowest BCUT2D eigenvalue weighted by Gasteiger charge is -2.14. The van der Waals surface area contributed by atoms with Gasteiger partial charge in [0.15, 0.2) is 0 Å². The highest BCUT2D eigenvalue weighted by Gasteiger charge is 2.16. The molecule has 1 saturated heterocycles. The van der Waals surface area contributed by atoms with Gasteiger partial charge >= 0.3 is 0 Å². The fraction of sp³-hybridized carbons (Fsp3) is 0.357. The Kier molecular flexibility index (Phi) is 3.46. The van der Waals surface area contributed by atoms with E-state index in [4.69, 9.17) is 16.3 Å². The molecule has 1 fully saturated rings. The van der Waals surface area contributed by atoms with E-state index >= 15 is 0 Å². The number of pyridine rings is 1. The standard InChI is InChI=1S/C14H15ClN2O/c15-11-2-4-12-10(9-11)1-3-13(17-12)14-5-6-16-7-8-18-14/h1-4,9,14,16H,5-8H2. The van der Waals surface area contributed by atoms with E-state index in [1.165, 1.54) is 0 Å². The summed E-state index contributed by atoms with van der Waals surface area (Å²) < 4.78 is 5.81. The van der Waals surface area contributed by atoms with E-state index in [-0.39, 0.29) is 6.10 Å². The Hall–Kier alpha value is -1.16. The zero-order valence-corrected chi connectivity index (χ0v) is 10.8. The molecular weight excluding hydrogens is 248 g/mol. The van der Waals surface area contributed by atoms with E-state index in [2.05, 4.69) is 16.4 Å². The minimum atomic E-state index is 0.0973. The Labute approximate surface area is 111 Å². The number of fused-ring (bicyclic) bond motifs is 1. The van der Waals surface area contributed by atoms with Crippen molar-refractivity contribution in [1.82, 2.24) is 10.3 Å². The zero-order chi connectivity index (χ0) is 12.4. The monoisotopic (exact) mass is 262 g/mol. The average molecular weight is 263 g/mol. The molecule has 18 heavy (non-hydrogen) atoms. The predicted molar refractivity (Wildman–Crippen MR) is 72.9 cm³/mol. The number of aromatic nitrogens is 1. The highest BCUT2D eigenvalue weighted by Crippen LogP contribution is 2.24. The van der Waals surface area contributed by atoms with Gasteiger partial charge in [0.2, 0.25) is 0 Å². The maximum atomic E-state index is 5.97. The van der Waals surface area contributed by atoms with E-state index in [1.54, 1.807) is 0 Å². The Balaban J connectivity index is 1.94. The van der Waals surface area contributed by atoms with Gasteiger partial charge in [0.25, 0.3) is 0 Å². The van der Waals surface area contributed by atoms with Crippen LogP contribution in [0.25, 0.3) is 10.9 Å². The largest absolute Gasteiger partial charge is 0.371 e. The molecule has 0 spiro atoms. The summed E-state index contributed by atoms with van der Waals surface area (Å²) in [5.74, 6) is 0. The number of benzene rings is 1. The zero-order valence-electron chi connectivity index (χ0n) is 10.0. The summed E-state index contributed by atoms with van der Waals surface area (Å²) in [6, 6.07) is 9.86. The van der Waals surface area contributed by atoms with Crippen molar-refractivity contribution in [1.29, 1.82) is 0 Å². The lowest BCUT2D eigenvalue weighted by Crippen LogP contribution is -2.16. The first-order valence-corrected chi connectivity index (χ1v) is 6.59. The Morgan fingerprint density at radius 3 is 3.11 bits per heavy atom. The summed E-state index contributed by atoms with van der Waals surface area (Å²) in [6.45, 7) is 2.63. The van der Waals surface area contributed by atoms with Crippen molar-refractivity contribution in [3.8, 4) is 0 Å². The molecule has 0 bridgehead atoms. The predicted octanol–water partition coefficient (Wildman–Crippen LogP) is 2.94. The van der Waals surface area contributed by atoms with Gasteiger partial charge in [-0.3, -0.25) is 4.98 Å². The van der Waals surface area contributed by atoms with Gasteiger partial charge in [-0.1, -0.05) is 17.7 Å². The van der Waals surface area contributed by atoms with Crippen molar-refractivity contribution in [2.24, 2.45) is 0 Å². The third-order valence-corrected chi connectivity index (χ3v) is 3.42. The molecule has 3 rings (SSSR count). The van der Waals surface area contributed by atoms with Crippen molar-refractivity contribution in [3.63, 3.8) is 0 Å². The summed E-state index contributed by atoms with van der Waals surface area (Å²) in [5.41, 5.74) is 1.98. The molecule has 2 heterocycles. The summed E-state index contributed by atoms with van der Waals surface area (Å²) >= 11 is 5.97. The van der Waals surface area contributed by atoms with Crippen LogP contribution in [0.4, 0.5) is 0 Å². The minimum absolute atomic E-state index is 0.0973. The first-order chi connectivity index (χ1) is 8.83. The molecule has 0 amide bonds. The fourth-order valence-corrected chi connectivity index (χ4v) is 2.42. The molecule has 1 unspecified atom stereocenters. The van der Waals surface area contributed by atoms with E-state index in [0.717, 1.165) is 47.7 Å². The van der Waals surface area contributed by atoms with Gasteiger partial charge in [0.05, 0.1) is 17.8 Å². The number of rotatable bonds is 1. The molecule has 0 aliphatic carbocycles. The van der Waals surface area contributed by atoms with E-state index in [0.29, 0.717) is 0 Å². The maximum absolute atomic E-state index is 5.97. The van der Waals surface area contributed by atoms with Crippen LogP contribution in [0, 0.1) is 0 Å². The Bertz CT molecular complexity index is 550. The smallest absolute Gasteiger partial charge is 0.101 e. The molecule has 1 aromatic carbocycles. The average Bonchev–Trinajstić information content (AvgIpc) is 2.67. The molecule has 1 aliphatic rings. The molecule has 4 heteroatoms. The van der Waals surface area contributed by atoms with Gasteiger partial charge in [-0.25, -0.2) is 0 Å². The molecular formula is C14H15ClN2O. The molecule has 3 nitrogen and oxygen atoms in total. The summed E-state index contributed by atoms with van der Waals surface area (Å²) in [5, 5.41) is 5.13. The fourth-order valence-electron chi connectivity index (χ4n) is 2.24. The van der Waals surface area contributed by atoms with Gasteiger partial charge in [-0.05, 0) is 37.2 Å². The van der Waals surface area contributed by atoms with Crippen LogP contribution < -0.4 is 5.32 Å². The SMILES string of the molecule is Clc1ccc2nc(C3CCNCCO3)ccc2c1. The van der Waals surface area contributed by atoms with Crippen molar-refractivity contribution in [2.45, 2.75) is 12.5 Å². The number of nitrogens with one attached hydrogen (secondary N) is 1. The third kappa shape index (κ3) is 2.48. The van der Waals surface area contributed by atoms with Crippen LogP contribution in [0.3, 0.4) is 0 Å². The summed E-state index contributed by atoms with van der Waals surface area (Å²) in [7, 11) is 0. The second kappa shape index (κ2) is 5.22. The number of nitrogens with zero attached hydrogens (tertiary/aromatic N) is 1. The molecule has 94 valence electrons. The molecule has 1 aromatic heterocycles. The van der Waals surface area contributed by atoms with Crippen LogP contribution in [0.2, 0.25) is 5.02 Å². The van der Waals surface area contributed by atoms with Gasteiger partial charge in [-0.15, -0.1) is 0 Å². The first kappa shape index (κ1) is 11.9. The maximum Gasteiger partial charge on any atom is 0.101 e. The highest BCUT2D eigenvalue weighted by atomic mass is 35.5. The van der Waals surface area contributed by atoms with Crippen molar-refractivity contribution in [3.05, 3.63) is 41.0 Å². The van der Waals surface area contributed by atoms with E-state index in [9.17, 15) is 0 Å². The van der Waals surface area contributed by atoms with E-state index < -0.39 is 0 Å².